The molecule has 4 heteroatoms. The number of likely N-dealkylation sites (tertiary alicyclic amines) is 1. The predicted molar refractivity (Wildman–Crippen MR) is 97.3 cm³/mol. The maximum Gasteiger partial charge on any atom is 0.137 e. The molecule has 0 aromatic heterocycles. The third-order valence-electron chi connectivity index (χ3n) is 10.4. The van der Waals surface area contributed by atoms with Crippen molar-refractivity contribution in [2.75, 3.05) is 19.7 Å². The number of ketones is 1. The lowest BCUT2D eigenvalue weighted by Crippen LogP contribution is -2.69. The average molecular weight is 360 g/mol. The standard InChI is InChI=1S/C22H33NO3/c1-19-4-3-5-22-16-9-13-8-14(18(22)23(12-19)6-7-24)21(16,11-20(13,2)26)10-15(25)17(19)22/h13-14,16-18,24,26H,3-12H2,1-2H3. The fourth-order valence-corrected chi connectivity index (χ4v) is 10.3. The van der Waals surface area contributed by atoms with Gasteiger partial charge in [-0.1, -0.05) is 13.3 Å². The van der Waals surface area contributed by atoms with Crippen LogP contribution in [0.25, 0.3) is 0 Å². The molecule has 2 N–H and O–H groups in total. The molecule has 7 aliphatic rings. The highest BCUT2D eigenvalue weighted by Gasteiger charge is 2.82. The summed E-state index contributed by atoms with van der Waals surface area (Å²) in [6, 6.07) is 0.463. The molecule has 0 aromatic carbocycles. The van der Waals surface area contributed by atoms with Crippen molar-refractivity contribution in [1.82, 2.24) is 4.90 Å². The summed E-state index contributed by atoms with van der Waals surface area (Å²) >= 11 is 0. The van der Waals surface area contributed by atoms with Crippen molar-refractivity contribution in [2.45, 2.75) is 70.4 Å². The number of carbonyl (C=O) groups is 1. The number of aliphatic hydroxyl groups is 2. The summed E-state index contributed by atoms with van der Waals surface area (Å²) in [6.45, 7) is 6.35. The van der Waals surface area contributed by atoms with Crippen molar-refractivity contribution in [3.05, 3.63) is 0 Å². The molecule has 0 amide bonds. The second kappa shape index (κ2) is 4.58. The molecule has 6 aliphatic carbocycles. The first-order chi connectivity index (χ1) is 12.3. The lowest BCUT2D eigenvalue weighted by molar-refractivity contribution is -0.211. The van der Waals surface area contributed by atoms with E-state index >= 15 is 0 Å². The lowest BCUT2D eigenvalue weighted by atomic mass is 9.38. The summed E-state index contributed by atoms with van der Waals surface area (Å²) in [7, 11) is 0. The number of hydrogen-bond donors (Lipinski definition) is 2. The zero-order valence-electron chi connectivity index (χ0n) is 16.2. The Morgan fingerprint density at radius 1 is 1.23 bits per heavy atom. The van der Waals surface area contributed by atoms with E-state index in [0.29, 0.717) is 29.6 Å². The molecule has 0 aromatic rings. The van der Waals surface area contributed by atoms with Crippen LogP contribution in [-0.2, 0) is 4.79 Å². The van der Waals surface area contributed by atoms with Crippen LogP contribution >= 0.6 is 0 Å². The van der Waals surface area contributed by atoms with Crippen molar-refractivity contribution in [1.29, 1.82) is 0 Å². The smallest absolute Gasteiger partial charge is 0.137 e. The minimum Gasteiger partial charge on any atom is -0.395 e. The van der Waals surface area contributed by atoms with Gasteiger partial charge in [0.15, 0.2) is 0 Å². The molecule has 1 saturated heterocycles. The van der Waals surface area contributed by atoms with Crippen LogP contribution in [0.2, 0.25) is 0 Å². The minimum absolute atomic E-state index is 0.0345. The van der Waals surface area contributed by atoms with E-state index in [1.807, 2.05) is 6.92 Å². The van der Waals surface area contributed by atoms with Crippen LogP contribution in [0.3, 0.4) is 0 Å². The van der Waals surface area contributed by atoms with Gasteiger partial charge in [0.25, 0.3) is 0 Å². The molecular weight excluding hydrogens is 326 g/mol. The Labute approximate surface area is 156 Å². The maximum atomic E-state index is 13.6. The molecule has 2 spiro atoms. The minimum atomic E-state index is -0.593. The van der Waals surface area contributed by atoms with Crippen LogP contribution in [0.15, 0.2) is 0 Å². The van der Waals surface area contributed by atoms with Gasteiger partial charge in [-0.2, -0.15) is 0 Å². The van der Waals surface area contributed by atoms with Gasteiger partial charge >= 0.3 is 0 Å². The van der Waals surface area contributed by atoms with Crippen molar-refractivity contribution in [2.24, 2.45) is 39.9 Å². The second-order valence-electron chi connectivity index (χ2n) is 11.4. The Kier molecular flexibility index (Phi) is 2.90. The van der Waals surface area contributed by atoms with Crippen LogP contribution < -0.4 is 0 Å². The van der Waals surface area contributed by atoms with Crippen molar-refractivity contribution < 1.29 is 15.0 Å². The Bertz CT molecular complexity index is 691. The molecule has 6 bridgehead atoms. The lowest BCUT2D eigenvalue weighted by Gasteiger charge is -2.67. The topological polar surface area (TPSA) is 60.8 Å². The molecule has 26 heavy (non-hydrogen) atoms. The molecule has 6 saturated carbocycles. The zero-order valence-corrected chi connectivity index (χ0v) is 16.2. The number of carbonyl (C=O) groups excluding carboxylic acids is 1. The van der Waals surface area contributed by atoms with Gasteiger partial charge < -0.3 is 10.2 Å². The number of β-amino-alcohol motifs (C(OH)–C–C–N with tert-alkyl or cyclic N) is 1. The van der Waals surface area contributed by atoms with E-state index in [-0.39, 0.29) is 28.8 Å². The Balaban J connectivity index is 1.59. The van der Waals surface area contributed by atoms with E-state index < -0.39 is 5.60 Å². The number of fused-ring (bicyclic) bond motifs is 1. The largest absolute Gasteiger partial charge is 0.395 e. The first-order valence-corrected chi connectivity index (χ1v) is 10.9. The predicted octanol–water partition coefficient (Wildman–Crippen LogP) is 2.23. The fraction of sp³-hybridized carbons (Fsp3) is 0.955. The van der Waals surface area contributed by atoms with Crippen LogP contribution in [0.5, 0.6) is 0 Å². The number of Topliss-reactive ketones (excluding diaryl/α,β-unsaturated/α-hetero) is 1. The number of nitrogens with zero attached hydrogens (tertiary/aromatic N) is 1. The van der Waals surface area contributed by atoms with Crippen molar-refractivity contribution >= 4 is 5.78 Å². The summed E-state index contributed by atoms with van der Waals surface area (Å²) in [5, 5.41) is 20.9. The maximum absolute atomic E-state index is 13.6. The summed E-state index contributed by atoms with van der Waals surface area (Å²) in [5.74, 6) is 2.32. The van der Waals surface area contributed by atoms with E-state index in [4.69, 9.17) is 0 Å². The normalized spacial score (nSPS) is 62.6. The molecular formula is C22H33NO3. The van der Waals surface area contributed by atoms with E-state index in [2.05, 4.69) is 11.8 Å². The van der Waals surface area contributed by atoms with Gasteiger partial charge in [0.2, 0.25) is 0 Å². The third kappa shape index (κ3) is 1.53. The molecule has 1 aliphatic heterocycles. The highest BCUT2D eigenvalue weighted by atomic mass is 16.3. The quantitative estimate of drug-likeness (QED) is 0.794. The molecule has 4 nitrogen and oxygen atoms in total. The summed E-state index contributed by atoms with van der Waals surface area (Å²) < 4.78 is 0. The summed E-state index contributed by atoms with van der Waals surface area (Å²) in [5.41, 5.74) is -0.343. The molecule has 9 unspecified atom stereocenters. The first-order valence-electron chi connectivity index (χ1n) is 10.9. The van der Waals surface area contributed by atoms with Crippen LogP contribution in [0, 0.1) is 39.9 Å². The van der Waals surface area contributed by atoms with Gasteiger partial charge in [0.05, 0.1) is 12.2 Å². The number of hydrogen-bond acceptors (Lipinski definition) is 4. The van der Waals surface area contributed by atoms with E-state index in [0.717, 1.165) is 45.2 Å². The summed E-state index contributed by atoms with van der Waals surface area (Å²) in [6.07, 6.45) is 7.39. The Morgan fingerprint density at radius 3 is 2.81 bits per heavy atom. The molecule has 144 valence electrons. The van der Waals surface area contributed by atoms with E-state index in [1.54, 1.807) is 0 Å². The fourth-order valence-electron chi connectivity index (χ4n) is 10.3. The van der Waals surface area contributed by atoms with E-state index in [9.17, 15) is 15.0 Å². The zero-order chi connectivity index (χ0) is 18.1. The second-order valence-corrected chi connectivity index (χ2v) is 11.4. The summed E-state index contributed by atoms with van der Waals surface area (Å²) in [4.78, 5) is 16.2. The van der Waals surface area contributed by atoms with Gasteiger partial charge in [-0.25, -0.2) is 0 Å². The highest BCUT2D eigenvalue weighted by molar-refractivity contribution is 5.86. The number of piperidine rings is 1. The van der Waals surface area contributed by atoms with Crippen molar-refractivity contribution in [3.63, 3.8) is 0 Å². The Morgan fingerprint density at radius 2 is 2.04 bits per heavy atom. The molecule has 7 fully saturated rings. The first kappa shape index (κ1) is 16.5. The average Bonchev–Trinajstić information content (AvgIpc) is 2.64. The van der Waals surface area contributed by atoms with Crippen LogP contribution in [-0.4, -0.2) is 52.2 Å². The molecule has 1 heterocycles. The number of aliphatic hydroxyl groups excluding tert-OH is 1. The monoisotopic (exact) mass is 359 g/mol. The van der Waals surface area contributed by atoms with Crippen LogP contribution in [0.1, 0.15) is 58.8 Å². The highest BCUT2D eigenvalue weighted by Crippen LogP contribution is 2.82. The van der Waals surface area contributed by atoms with Crippen LogP contribution in [0.4, 0.5) is 0 Å². The Hall–Kier alpha value is -0.450. The van der Waals surface area contributed by atoms with Gasteiger partial charge in [-0.3, -0.25) is 9.69 Å². The van der Waals surface area contributed by atoms with Gasteiger partial charge in [-0.05, 0) is 73.0 Å². The molecule has 0 radical (unpaired) electrons. The SMILES string of the molecule is CC1(O)CC23CC(=O)C4C5(C)CCCC46C(C2CC1CC36)N(CCO)C5. The van der Waals surface area contributed by atoms with Gasteiger partial charge in [0.1, 0.15) is 5.78 Å². The molecule has 9 atom stereocenters. The number of rotatable bonds is 2. The van der Waals surface area contributed by atoms with Gasteiger partial charge in [0, 0.05) is 31.5 Å². The van der Waals surface area contributed by atoms with E-state index in [1.165, 1.54) is 12.8 Å². The molecule has 7 rings (SSSR count). The van der Waals surface area contributed by atoms with Gasteiger partial charge in [-0.15, -0.1) is 0 Å². The van der Waals surface area contributed by atoms with Crippen molar-refractivity contribution in [3.8, 4) is 0 Å². The third-order valence-corrected chi connectivity index (χ3v) is 10.4.